The molecule has 0 radical (unpaired) electrons. The lowest BCUT2D eigenvalue weighted by molar-refractivity contribution is -0.114. The Labute approximate surface area is 201 Å². The van der Waals surface area contributed by atoms with Crippen LogP contribution in [0.15, 0.2) is 58.8 Å². The largest absolute Gasteiger partial charge is 0.493 e. The number of hydrogen-bond donors (Lipinski definition) is 1. The number of rotatable bonds is 8. The van der Waals surface area contributed by atoms with Crippen LogP contribution in [0.1, 0.15) is 12.5 Å². The number of halogens is 1. The number of fused-ring (bicyclic) bond motifs is 1. The molecule has 176 valence electrons. The molecule has 0 aromatic heterocycles. The van der Waals surface area contributed by atoms with Crippen molar-refractivity contribution in [2.45, 2.75) is 6.92 Å². The van der Waals surface area contributed by atoms with Crippen molar-refractivity contribution in [1.29, 1.82) is 5.41 Å². The summed E-state index contributed by atoms with van der Waals surface area (Å²) in [6, 6.07) is 10.5. The molecule has 1 N–H and O–H groups in total. The van der Waals surface area contributed by atoms with E-state index in [0.717, 1.165) is 0 Å². The van der Waals surface area contributed by atoms with Crippen molar-refractivity contribution < 1.29 is 28.6 Å². The number of amides is 1. The molecule has 0 saturated carbocycles. The molecular formula is C24H22ClN3O6. The molecule has 0 unspecified atom stereocenters. The molecule has 0 fully saturated rings. The van der Waals surface area contributed by atoms with E-state index in [2.05, 4.69) is 4.99 Å². The van der Waals surface area contributed by atoms with Crippen LogP contribution < -0.4 is 18.9 Å². The number of para-hydroxylation sites is 1. The second-order valence-electron chi connectivity index (χ2n) is 7.20. The number of ether oxygens (including phenoxy) is 4. The van der Waals surface area contributed by atoms with E-state index in [4.69, 9.17) is 40.8 Å². The van der Waals surface area contributed by atoms with Crippen LogP contribution in [-0.4, -0.2) is 50.1 Å². The lowest BCUT2D eigenvalue weighted by atomic mass is 10.1. The summed E-state index contributed by atoms with van der Waals surface area (Å²) in [6.45, 7) is 2.17. The summed E-state index contributed by atoms with van der Waals surface area (Å²) < 4.78 is 22.5. The first-order valence-corrected chi connectivity index (χ1v) is 10.6. The molecule has 34 heavy (non-hydrogen) atoms. The topological polar surface area (TPSA) is 103 Å². The van der Waals surface area contributed by atoms with Crippen molar-refractivity contribution in [2.75, 3.05) is 27.4 Å². The third-order valence-corrected chi connectivity index (χ3v) is 5.21. The Morgan fingerprint density at radius 1 is 1.09 bits per heavy atom. The first kappa shape index (κ1) is 23.2. The predicted molar refractivity (Wildman–Crippen MR) is 127 cm³/mol. The van der Waals surface area contributed by atoms with E-state index in [9.17, 15) is 4.79 Å². The van der Waals surface area contributed by atoms with Gasteiger partial charge in [0.15, 0.2) is 23.2 Å². The SMILES string of the molecule is COc1cc(/C=C2/C(=N)N3OC(C)=CC3=NC2=O)cc(OC)c1OCCOc1ccccc1Cl. The number of aliphatic imine (C=N–C) groups is 1. The summed E-state index contributed by atoms with van der Waals surface area (Å²) in [7, 11) is 2.99. The van der Waals surface area contributed by atoms with Crippen LogP contribution in [0.2, 0.25) is 5.02 Å². The summed E-state index contributed by atoms with van der Waals surface area (Å²) in [4.78, 5) is 22.0. The minimum absolute atomic E-state index is 0.0674. The fraction of sp³-hybridized carbons (Fsp3) is 0.208. The Hall–Kier alpha value is -3.98. The number of hydrogen-bond acceptors (Lipinski definition) is 7. The standard InChI is InChI=1S/C24H22ClN3O6/c1-14-10-21-27-24(29)16(23(26)28(21)34-14)11-15-12-19(30-2)22(20(13-15)31-3)33-9-8-32-18-7-5-4-6-17(18)25/h4-7,10-13,26H,8-9H2,1-3H3/b16-11-,26-23?. The second kappa shape index (κ2) is 9.88. The van der Waals surface area contributed by atoms with E-state index in [1.807, 2.05) is 12.1 Å². The van der Waals surface area contributed by atoms with Gasteiger partial charge in [-0.15, -0.1) is 5.06 Å². The Balaban J connectivity index is 1.53. The maximum atomic E-state index is 12.5. The Kier molecular flexibility index (Phi) is 6.74. The zero-order chi connectivity index (χ0) is 24.2. The van der Waals surface area contributed by atoms with Gasteiger partial charge in [0.25, 0.3) is 5.91 Å². The van der Waals surface area contributed by atoms with Crippen LogP contribution in [0.3, 0.4) is 0 Å². The highest BCUT2D eigenvalue weighted by atomic mass is 35.5. The van der Waals surface area contributed by atoms with Crippen molar-refractivity contribution in [1.82, 2.24) is 5.06 Å². The fourth-order valence-electron chi connectivity index (χ4n) is 3.35. The fourth-order valence-corrected chi connectivity index (χ4v) is 3.54. The van der Waals surface area contributed by atoms with Gasteiger partial charge in [0.2, 0.25) is 5.75 Å². The average Bonchev–Trinajstić information content (AvgIpc) is 3.20. The van der Waals surface area contributed by atoms with Gasteiger partial charge in [0.1, 0.15) is 24.7 Å². The molecule has 10 heteroatoms. The minimum atomic E-state index is -0.541. The number of amidine groups is 2. The number of benzene rings is 2. The van der Waals surface area contributed by atoms with Crippen LogP contribution in [0.5, 0.6) is 23.0 Å². The lowest BCUT2D eigenvalue weighted by Crippen LogP contribution is -2.38. The summed E-state index contributed by atoms with van der Waals surface area (Å²) in [5.74, 6) is 1.88. The number of carbonyl (C=O) groups excluding carboxylic acids is 1. The molecule has 0 bridgehead atoms. The van der Waals surface area contributed by atoms with Crippen LogP contribution in [0.25, 0.3) is 6.08 Å². The molecule has 2 aromatic carbocycles. The summed E-state index contributed by atoms with van der Waals surface area (Å²) in [5, 5.41) is 10.1. The first-order chi connectivity index (χ1) is 16.4. The molecule has 9 nitrogen and oxygen atoms in total. The van der Waals surface area contributed by atoms with Gasteiger partial charge in [-0.25, -0.2) is 0 Å². The number of nitrogens with zero attached hydrogens (tertiary/aromatic N) is 2. The summed E-state index contributed by atoms with van der Waals surface area (Å²) in [6.07, 6.45) is 3.12. The zero-order valence-corrected chi connectivity index (χ0v) is 19.5. The maximum absolute atomic E-state index is 12.5. The van der Waals surface area contributed by atoms with E-state index in [1.165, 1.54) is 25.4 Å². The highest BCUT2D eigenvalue weighted by molar-refractivity contribution is 6.32. The second-order valence-corrected chi connectivity index (χ2v) is 7.61. The monoisotopic (exact) mass is 483 g/mol. The quantitative estimate of drug-likeness (QED) is 0.442. The van der Waals surface area contributed by atoms with Crippen LogP contribution in [0, 0.1) is 5.41 Å². The molecule has 2 heterocycles. The van der Waals surface area contributed by atoms with Gasteiger partial charge in [-0.05, 0) is 42.8 Å². The van der Waals surface area contributed by atoms with Gasteiger partial charge in [0.05, 0.1) is 24.8 Å². The average molecular weight is 484 g/mol. The molecule has 2 aliphatic heterocycles. The van der Waals surface area contributed by atoms with Gasteiger partial charge in [-0.2, -0.15) is 4.99 Å². The first-order valence-electron chi connectivity index (χ1n) is 10.3. The van der Waals surface area contributed by atoms with Gasteiger partial charge < -0.3 is 23.8 Å². The Bertz CT molecular complexity index is 1210. The number of nitrogens with one attached hydrogen (secondary N) is 1. The number of methoxy groups -OCH3 is 2. The third-order valence-electron chi connectivity index (χ3n) is 4.90. The van der Waals surface area contributed by atoms with Gasteiger partial charge in [-0.1, -0.05) is 23.7 Å². The van der Waals surface area contributed by atoms with Crippen LogP contribution >= 0.6 is 11.6 Å². The summed E-state index contributed by atoms with van der Waals surface area (Å²) >= 11 is 6.10. The molecule has 0 saturated heterocycles. The van der Waals surface area contributed by atoms with E-state index >= 15 is 0 Å². The van der Waals surface area contributed by atoms with Gasteiger partial charge >= 0.3 is 0 Å². The van der Waals surface area contributed by atoms with Gasteiger partial charge in [-0.3, -0.25) is 10.2 Å². The summed E-state index contributed by atoms with van der Waals surface area (Å²) in [5.41, 5.74) is 0.627. The van der Waals surface area contributed by atoms with Crippen LogP contribution in [-0.2, 0) is 9.63 Å². The lowest BCUT2D eigenvalue weighted by Gasteiger charge is -2.23. The van der Waals surface area contributed by atoms with E-state index < -0.39 is 5.91 Å². The van der Waals surface area contributed by atoms with E-state index in [1.54, 1.807) is 37.3 Å². The van der Waals surface area contributed by atoms with Gasteiger partial charge in [0, 0.05) is 6.08 Å². The van der Waals surface area contributed by atoms with E-state index in [-0.39, 0.29) is 30.5 Å². The number of carbonyl (C=O) groups is 1. The molecule has 4 rings (SSSR count). The molecule has 0 spiro atoms. The molecule has 0 atom stereocenters. The zero-order valence-electron chi connectivity index (χ0n) is 18.8. The van der Waals surface area contributed by atoms with Crippen molar-refractivity contribution in [3.63, 3.8) is 0 Å². The maximum Gasteiger partial charge on any atom is 0.282 e. The van der Waals surface area contributed by atoms with E-state index in [0.29, 0.717) is 39.3 Å². The Morgan fingerprint density at radius 3 is 2.44 bits per heavy atom. The van der Waals surface area contributed by atoms with Crippen molar-refractivity contribution in [3.8, 4) is 23.0 Å². The van der Waals surface area contributed by atoms with Crippen molar-refractivity contribution in [2.24, 2.45) is 4.99 Å². The number of hydroxylamine groups is 2. The smallest absolute Gasteiger partial charge is 0.282 e. The minimum Gasteiger partial charge on any atom is -0.493 e. The normalized spacial score (nSPS) is 16.0. The molecule has 2 aromatic rings. The molecule has 0 aliphatic carbocycles. The number of allylic oxidation sites excluding steroid dienone is 1. The molecular weight excluding hydrogens is 462 g/mol. The Morgan fingerprint density at radius 2 is 1.76 bits per heavy atom. The third kappa shape index (κ3) is 4.69. The predicted octanol–water partition coefficient (Wildman–Crippen LogP) is 4.27. The van der Waals surface area contributed by atoms with Crippen molar-refractivity contribution >= 4 is 35.3 Å². The van der Waals surface area contributed by atoms with Crippen molar-refractivity contribution in [3.05, 3.63) is 64.4 Å². The highest BCUT2D eigenvalue weighted by Crippen LogP contribution is 2.39. The molecule has 2 aliphatic rings. The molecule has 1 amide bonds. The highest BCUT2D eigenvalue weighted by Gasteiger charge is 2.34. The van der Waals surface area contributed by atoms with Crippen LogP contribution in [0.4, 0.5) is 0 Å².